The van der Waals surface area contributed by atoms with E-state index in [-0.39, 0.29) is 36.3 Å². The number of hydrogen-bond acceptors (Lipinski definition) is 5. The van der Waals surface area contributed by atoms with Crippen molar-refractivity contribution in [3.05, 3.63) is 24.3 Å². The van der Waals surface area contributed by atoms with Crippen molar-refractivity contribution in [3.8, 4) is 5.75 Å². The molecular weight excluding hydrogens is 469 g/mol. The molecule has 3 N–H and O–H groups in total. The van der Waals surface area contributed by atoms with E-state index in [0.717, 1.165) is 50.1 Å². The predicted octanol–water partition coefficient (Wildman–Crippen LogP) is 0.689. The second-order valence-electron chi connectivity index (χ2n) is 5.78. The van der Waals surface area contributed by atoms with Gasteiger partial charge in [-0.2, -0.15) is 0 Å². The lowest BCUT2D eigenvalue weighted by atomic mass is 10.2. The molecule has 0 aliphatic carbocycles. The molecule has 0 aromatic heterocycles. The lowest BCUT2D eigenvalue weighted by Gasteiger charge is -2.37. The first kappa shape index (κ1) is 22.8. The first-order valence-electron chi connectivity index (χ1n) is 8.35. The van der Waals surface area contributed by atoms with Gasteiger partial charge in [-0.3, -0.25) is 4.99 Å². The molecule has 1 heterocycles. The molecule has 26 heavy (non-hydrogen) atoms. The van der Waals surface area contributed by atoms with Crippen LogP contribution < -0.4 is 20.1 Å². The highest BCUT2D eigenvalue weighted by molar-refractivity contribution is 14.0. The zero-order valence-corrected chi connectivity index (χ0v) is 18.4. The van der Waals surface area contributed by atoms with E-state index >= 15 is 0 Å². The Labute approximate surface area is 172 Å². The Kier molecular flexibility index (Phi) is 9.44. The Balaban J connectivity index is 0.00000338. The number of methoxy groups -OCH3 is 1. The average Bonchev–Trinajstić information content (AvgIpc) is 2.60. The van der Waals surface area contributed by atoms with Crippen LogP contribution in [0.4, 0.5) is 5.69 Å². The molecule has 0 saturated carbocycles. The summed E-state index contributed by atoms with van der Waals surface area (Å²) >= 11 is 0. The van der Waals surface area contributed by atoms with Gasteiger partial charge in [0.1, 0.15) is 5.75 Å². The first-order valence-corrected chi connectivity index (χ1v) is 10.1. The molecule has 1 aromatic rings. The second-order valence-corrected chi connectivity index (χ2v) is 7.51. The van der Waals surface area contributed by atoms with Crippen LogP contribution in [0.15, 0.2) is 29.3 Å². The van der Waals surface area contributed by atoms with Crippen LogP contribution in [0, 0.1) is 0 Å². The third-order valence-corrected chi connectivity index (χ3v) is 4.72. The Morgan fingerprint density at radius 1 is 1.31 bits per heavy atom. The number of sulfonamides is 1. The van der Waals surface area contributed by atoms with Crippen molar-refractivity contribution in [1.82, 2.24) is 10.2 Å². The van der Waals surface area contributed by atoms with E-state index in [2.05, 4.69) is 26.2 Å². The van der Waals surface area contributed by atoms with Crippen molar-refractivity contribution < 1.29 is 13.2 Å². The molecule has 1 saturated heterocycles. The van der Waals surface area contributed by atoms with Gasteiger partial charge in [0.2, 0.25) is 10.0 Å². The summed E-state index contributed by atoms with van der Waals surface area (Å²) in [6, 6.07) is 8.02. The molecule has 0 unspecified atom stereocenters. The third-order valence-electron chi connectivity index (χ3n) is 3.97. The molecule has 0 bridgehead atoms. The zero-order chi connectivity index (χ0) is 18.3. The Morgan fingerprint density at radius 2 is 2.00 bits per heavy atom. The second kappa shape index (κ2) is 10.8. The fraction of sp³-hybridized carbons (Fsp3) is 0.562. The Morgan fingerprint density at radius 3 is 2.58 bits per heavy atom. The van der Waals surface area contributed by atoms with E-state index < -0.39 is 10.0 Å². The minimum absolute atomic E-state index is 0. The highest BCUT2D eigenvalue weighted by Gasteiger charge is 2.20. The SMILES string of the molecule is CCNC(=NCCS(N)(=O)=O)N1CCN(c2cccc(OC)c2)CC1.I. The van der Waals surface area contributed by atoms with Gasteiger partial charge in [-0.1, -0.05) is 6.07 Å². The third kappa shape index (κ3) is 7.16. The van der Waals surface area contributed by atoms with Crippen LogP contribution >= 0.6 is 24.0 Å². The summed E-state index contributed by atoms with van der Waals surface area (Å²) < 4.78 is 27.4. The predicted molar refractivity (Wildman–Crippen MR) is 116 cm³/mol. The minimum atomic E-state index is -3.49. The number of ether oxygens (including phenoxy) is 1. The van der Waals surface area contributed by atoms with Crippen LogP contribution in [0.3, 0.4) is 0 Å². The topological polar surface area (TPSA) is 100 Å². The van der Waals surface area contributed by atoms with Crippen LogP contribution in [-0.2, 0) is 10.0 Å². The van der Waals surface area contributed by atoms with Crippen LogP contribution in [-0.4, -0.2) is 71.4 Å². The quantitative estimate of drug-likeness (QED) is 0.341. The molecule has 0 radical (unpaired) electrons. The van der Waals surface area contributed by atoms with Gasteiger partial charge in [-0.25, -0.2) is 13.6 Å². The first-order chi connectivity index (χ1) is 11.9. The normalized spacial score (nSPS) is 15.4. The van der Waals surface area contributed by atoms with Crippen molar-refractivity contribution >= 4 is 45.6 Å². The lowest BCUT2D eigenvalue weighted by Crippen LogP contribution is -2.52. The number of rotatable bonds is 6. The van der Waals surface area contributed by atoms with Crippen molar-refractivity contribution in [1.29, 1.82) is 0 Å². The van der Waals surface area contributed by atoms with Gasteiger partial charge in [0, 0.05) is 44.5 Å². The van der Waals surface area contributed by atoms with Gasteiger partial charge < -0.3 is 19.9 Å². The summed E-state index contributed by atoms with van der Waals surface area (Å²) in [6.07, 6.45) is 0. The Hall–Kier alpha value is -1.27. The maximum absolute atomic E-state index is 11.1. The smallest absolute Gasteiger partial charge is 0.210 e. The summed E-state index contributed by atoms with van der Waals surface area (Å²) in [4.78, 5) is 8.82. The minimum Gasteiger partial charge on any atom is -0.497 e. The van der Waals surface area contributed by atoms with Gasteiger partial charge in [-0.15, -0.1) is 24.0 Å². The number of aliphatic imine (C=N–C) groups is 1. The number of anilines is 1. The summed E-state index contributed by atoms with van der Waals surface area (Å²) in [6.45, 7) is 6.19. The number of guanidine groups is 1. The number of nitrogens with two attached hydrogens (primary N) is 1. The molecule has 10 heteroatoms. The number of nitrogens with one attached hydrogen (secondary N) is 1. The summed E-state index contributed by atoms with van der Waals surface area (Å²) in [5.41, 5.74) is 1.13. The molecule has 0 atom stereocenters. The lowest BCUT2D eigenvalue weighted by molar-refractivity contribution is 0.372. The average molecular weight is 497 g/mol. The van der Waals surface area contributed by atoms with Gasteiger partial charge in [0.25, 0.3) is 0 Å². The van der Waals surface area contributed by atoms with Crippen molar-refractivity contribution in [2.24, 2.45) is 10.1 Å². The molecule has 1 fully saturated rings. The molecule has 1 aliphatic heterocycles. The highest BCUT2D eigenvalue weighted by Crippen LogP contribution is 2.22. The maximum Gasteiger partial charge on any atom is 0.210 e. The van der Waals surface area contributed by atoms with Gasteiger partial charge >= 0.3 is 0 Å². The fourth-order valence-electron chi connectivity index (χ4n) is 2.69. The maximum atomic E-state index is 11.1. The van der Waals surface area contributed by atoms with Crippen molar-refractivity contribution in [2.75, 3.05) is 57.0 Å². The number of hydrogen-bond donors (Lipinski definition) is 2. The van der Waals surface area contributed by atoms with Gasteiger partial charge in [0.05, 0.1) is 19.4 Å². The number of primary sulfonamides is 1. The number of piperazine rings is 1. The van der Waals surface area contributed by atoms with E-state index in [0.29, 0.717) is 0 Å². The van der Waals surface area contributed by atoms with Crippen LogP contribution in [0.2, 0.25) is 0 Å². The van der Waals surface area contributed by atoms with Crippen LogP contribution in [0.1, 0.15) is 6.92 Å². The highest BCUT2D eigenvalue weighted by atomic mass is 127. The van der Waals surface area contributed by atoms with E-state index in [1.54, 1.807) is 7.11 Å². The molecule has 8 nitrogen and oxygen atoms in total. The van der Waals surface area contributed by atoms with Crippen molar-refractivity contribution in [2.45, 2.75) is 6.92 Å². The van der Waals surface area contributed by atoms with Gasteiger partial charge in [-0.05, 0) is 19.1 Å². The van der Waals surface area contributed by atoms with E-state index in [4.69, 9.17) is 9.88 Å². The fourth-order valence-corrected chi connectivity index (χ4v) is 3.03. The molecule has 1 aliphatic rings. The molecule has 148 valence electrons. The van der Waals surface area contributed by atoms with E-state index in [9.17, 15) is 8.42 Å². The Bertz CT molecular complexity index is 691. The molecular formula is C16H28IN5O3S. The molecule has 0 amide bonds. The van der Waals surface area contributed by atoms with Crippen LogP contribution in [0.25, 0.3) is 0 Å². The molecule has 0 spiro atoms. The van der Waals surface area contributed by atoms with E-state index in [1.807, 2.05) is 25.1 Å². The summed E-state index contributed by atoms with van der Waals surface area (Å²) in [5.74, 6) is 1.43. The van der Waals surface area contributed by atoms with Crippen LogP contribution in [0.5, 0.6) is 5.75 Å². The summed E-state index contributed by atoms with van der Waals surface area (Å²) in [7, 11) is -1.83. The monoisotopic (exact) mass is 497 g/mol. The number of halogens is 1. The molecule has 1 aromatic carbocycles. The van der Waals surface area contributed by atoms with Crippen molar-refractivity contribution in [3.63, 3.8) is 0 Å². The van der Waals surface area contributed by atoms with Gasteiger partial charge in [0.15, 0.2) is 5.96 Å². The number of nitrogens with zero attached hydrogens (tertiary/aromatic N) is 3. The zero-order valence-electron chi connectivity index (χ0n) is 15.2. The summed E-state index contributed by atoms with van der Waals surface area (Å²) in [5, 5.41) is 8.25. The molecule has 2 rings (SSSR count). The van der Waals surface area contributed by atoms with E-state index in [1.165, 1.54) is 0 Å². The number of benzene rings is 1. The largest absolute Gasteiger partial charge is 0.497 e. The standard InChI is InChI=1S/C16H27N5O3S.HI/c1-3-18-16(19-7-12-25(17,22)23)21-10-8-20(9-11-21)14-5-4-6-15(13-14)24-2;/h4-6,13H,3,7-12H2,1-2H3,(H,18,19)(H2,17,22,23);1H.